The summed E-state index contributed by atoms with van der Waals surface area (Å²) in [6.45, 7) is 3.71. The number of fused-ring (bicyclic) bond motifs is 1. The molecule has 2 heterocycles. The van der Waals surface area contributed by atoms with Gasteiger partial charge in [-0.25, -0.2) is 4.98 Å². The summed E-state index contributed by atoms with van der Waals surface area (Å²) in [6.07, 6.45) is 2.03. The van der Waals surface area contributed by atoms with Gasteiger partial charge >= 0.3 is 0 Å². The quantitative estimate of drug-likeness (QED) is 0.718. The van der Waals surface area contributed by atoms with E-state index in [-0.39, 0.29) is 11.9 Å². The Hall–Kier alpha value is -2.75. The second-order valence-corrected chi connectivity index (χ2v) is 8.25. The van der Waals surface area contributed by atoms with Gasteiger partial charge in [-0.2, -0.15) is 5.26 Å². The first kappa shape index (κ1) is 18.6. The molecule has 0 radical (unpaired) electrons. The molecule has 142 valence electrons. The minimum atomic E-state index is -0.206. The fourth-order valence-corrected chi connectivity index (χ4v) is 4.81. The van der Waals surface area contributed by atoms with Gasteiger partial charge in [-0.05, 0) is 63.2 Å². The van der Waals surface area contributed by atoms with Crippen LogP contribution in [0.2, 0.25) is 0 Å². The van der Waals surface area contributed by atoms with E-state index in [0.29, 0.717) is 17.2 Å². The number of nitrogens with one attached hydrogen (secondary N) is 1. The summed E-state index contributed by atoms with van der Waals surface area (Å²) in [5.74, 6) is 0.435. The summed E-state index contributed by atoms with van der Waals surface area (Å²) < 4.78 is 1.24. The van der Waals surface area contributed by atoms with Crippen molar-refractivity contribution in [2.75, 3.05) is 18.4 Å². The fraction of sp³-hybridized carbons (Fsp3) is 0.318. The highest BCUT2D eigenvalue weighted by molar-refractivity contribution is 7.18. The number of hydrogen-bond acceptors (Lipinski definition) is 5. The van der Waals surface area contributed by atoms with Crippen LogP contribution in [0.1, 0.15) is 36.3 Å². The van der Waals surface area contributed by atoms with Crippen LogP contribution in [0.4, 0.5) is 5.69 Å². The van der Waals surface area contributed by atoms with Gasteiger partial charge in [0.05, 0.1) is 32.9 Å². The Morgan fingerprint density at radius 3 is 2.79 bits per heavy atom. The number of para-hydroxylation sites is 1. The van der Waals surface area contributed by atoms with Crippen LogP contribution in [0.3, 0.4) is 0 Å². The summed E-state index contributed by atoms with van der Waals surface area (Å²) in [6, 6.07) is 17.2. The smallest absolute Gasteiger partial charge is 0.241 e. The lowest BCUT2D eigenvalue weighted by atomic mass is 9.96. The Balaban J connectivity index is 1.36. The van der Waals surface area contributed by atoms with Crippen LogP contribution in [0.5, 0.6) is 0 Å². The predicted molar refractivity (Wildman–Crippen MR) is 112 cm³/mol. The van der Waals surface area contributed by atoms with E-state index in [2.05, 4.69) is 34.5 Å². The zero-order valence-corrected chi connectivity index (χ0v) is 16.6. The summed E-state index contributed by atoms with van der Waals surface area (Å²) in [5.41, 5.74) is 2.29. The molecule has 1 amide bonds. The van der Waals surface area contributed by atoms with Gasteiger partial charge in [-0.1, -0.05) is 18.2 Å². The van der Waals surface area contributed by atoms with E-state index in [1.807, 2.05) is 19.1 Å². The van der Waals surface area contributed by atoms with E-state index in [4.69, 9.17) is 10.2 Å². The Morgan fingerprint density at radius 1 is 1.25 bits per heavy atom. The van der Waals surface area contributed by atoms with Crippen molar-refractivity contribution in [3.05, 3.63) is 59.1 Å². The number of rotatable bonds is 4. The molecular weight excluding hydrogens is 368 g/mol. The number of likely N-dealkylation sites (tertiary alicyclic amines) is 1. The number of amides is 1. The summed E-state index contributed by atoms with van der Waals surface area (Å²) >= 11 is 1.79. The van der Waals surface area contributed by atoms with Gasteiger partial charge in [0.25, 0.3) is 0 Å². The Labute approximate surface area is 168 Å². The summed E-state index contributed by atoms with van der Waals surface area (Å²) in [4.78, 5) is 19.7. The maximum Gasteiger partial charge on any atom is 0.241 e. The lowest BCUT2D eigenvalue weighted by molar-refractivity contribution is -0.121. The Bertz CT molecular complexity index is 997. The molecule has 0 saturated carbocycles. The molecule has 1 aromatic heterocycles. The first-order valence-electron chi connectivity index (χ1n) is 9.54. The molecule has 0 bridgehead atoms. The zero-order valence-electron chi connectivity index (χ0n) is 15.8. The molecule has 1 aliphatic rings. The van der Waals surface area contributed by atoms with Crippen LogP contribution in [-0.2, 0) is 4.79 Å². The van der Waals surface area contributed by atoms with Crippen molar-refractivity contribution in [3.8, 4) is 6.07 Å². The Kier molecular flexibility index (Phi) is 5.38. The third-order valence-electron chi connectivity index (χ3n) is 5.38. The number of anilines is 1. The minimum Gasteiger partial charge on any atom is -0.325 e. The monoisotopic (exact) mass is 390 g/mol. The van der Waals surface area contributed by atoms with Gasteiger partial charge < -0.3 is 5.32 Å². The van der Waals surface area contributed by atoms with Crippen LogP contribution in [0, 0.1) is 11.3 Å². The molecule has 2 aromatic carbocycles. The van der Waals surface area contributed by atoms with E-state index in [1.165, 1.54) is 9.71 Å². The van der Waals surface area contributed by atoms with Crippen LogP contribution in [0.15, 0.2) is 48.5 Å². The highest BCUT2D eigenvalue weighted by atomic mass is 32.1. The topological polar surface area (TPSA) is 69.0 Å². The van der Waals surface area contributed by atoms with Crippen molar-refractivity contribution < 1.29 is 4.79 Å². The molecule has 4 rings (SSSR count). The standard InChI is InChI=1S/C22H22N4OS/c1-15(21(27)24-18-6-4-5-16(13-18)14-23)26-11-9-17(10-12-26)22-25-19-7-2-3-8-20(19)28-22/h2-8,13,15,17H,9-12H2,1H3,(H,24,27). The molecule has 1 saturated heterocycles. The molecular formula is C22H22N4OS. The summed E-state index contributed by atoms with van der Waals surface area (Å²) in [7, 11) is 0. The largest absolute Gasteiger partial charge is 0.325 e. The number of hydrogen-bond donors (Lipinski definition) is 1. The number of thiazole rings is 1. The van der Waals surface area contributed by atoms with Crippen molar-refractivity contribution >= 4 is 33.1 Å². The summed E-state index contributed by atoms with van der Waals surface area (Å²) in [5, 5.41) is 13.1. The van der Waals surface area contributed by atoms with Crippen LogP contribution in [0.25, 0.3) is 10.2 Å². The average Bonchev–Trinajstić information content (AvgIpc) is 3.17. The molecule has 6 heteroatoms. The average molecular weight is 391 g/mol. The SMILES string of the molecule is CC(C(=O)Nc1cccc(C#N)c1)N1CCC(c2nc3ccccc3s2)CC1. The van der Waals surface area contributed by atoms with Crippen molar-refractivity contribution in [3.63, 3.8) is 0 Å². The third-order valence-corrected chi connectivity index (χ3v) is 6.57. The van der Waals surface area contributed by atoms with Crippen LogP contribution in [-0.4, -0.2) is 34.9 Å². The second-order valence-electron chi connectivity index (χ2n) is 7.19. The number of piperidine rings is 1. The zero-order chi connectivity index (χ0) is 19.5. The number of nitrogens with zero attached hydrogens (tertiary/aromatic N) is 3. The van der Waals surface area contributed by atoms with Crippen LogP contribution < -0.4 is 5.32 Å². The van der Waals surface area contributed by atoms with Gasteiger partial charge in [0.15, 0.2) is 0 Å². The number of benzene rings is 2. The number of carbonyl (C=O) groups excluding carboxylic acids is 1. The number of carbonyl (C=O) groups is 1. The fourth-order valence-electron chi connectivity index (χ4n) is 3.68. The highest BCUT2D eigenvalue weighted by Crippen LogP contribution is 2.34. The molecule has 1 unspecified atom stereocenters. The molecule has 28 heavy (non-hydrogen) atoms. The highest BCUT2D eigenvalue weighted by Gasteiger charge is 2.28. The Morgan fingerprint density at radius 2 is 2.04 bits per heavy atom. The van der Waals surface area contributed by atoms with Gasteiger partial charge in [0, 0.05) is 11.6 Å². The normalized spacial score (nSPS) is 16.6. The van der Waals surface area contributed by atoms with Gasteiger partial charge in [-0.15, -0.1) is 11.3 Å². The predicted octanol–water partition coefficient (Wildman–Crippen LogP) is 4.37. The minimum absolute atomic E-state index is 0.0338. The lowest BCUT2D eigenvalue weighted by Gasteiger charge is -2.34. The van der Waals surface area contributed by atoms with E-state index in [1.54, 1.807) is 29.5 Å². The second kappa shape index (κ2) is 8.09. The molecule has 1 atom stereocenters. The number of aromatic nitrogens is 1. The van der Waals surface area contributed by atoms with Crippen molar-refractivity contribution in [2.45, 2.75) is 31.7 Å². The molecule has 0 aliphatic carbocycles. The maximum absolute atomic E-state index is 12.6. The molecule has 5 nitrogen and oxygen atoms in total. The molecule has 1 N–H and O–H groups in total. The van der Waals surface area contributed by atoms with Gasteiger partial charge in [0.1, 0.15) is 0 Å². The molecule has 1 aliphatic heterocycles. The first-order chi connectivity index (χ1) is 13.6. The molecule has 3 aromatic rings. The van der Waals surface area contributed by atoms with E-state index >= 15 is 0 Å². The van der Waals surface area contributed by atoms with Crippen molar-refractivity contribution in [1.82, 2.24) is 9.88 Å². The van der Waals surface area contributed by atoms with Crippen molar-refractivity contribution in [1.29, 1.82) is 5.26 Å². The van der Waals surface area contributed by atoms with E-state index in [9.17, 15) is 4.79 Å². The van der Waals surface area contributed by atoms with Gasteiger partial charge in [-0.3, -0.25) is 9.69 Å². The maximum atomic E-state index is 12.6. The number of nitriles is 1. The van der Waals surface area contributed by atoms with E-state index in [0.717, 1.165) is 31.4 Å². The lowest BCUT2D eigenvalue weighted by Crippen LogP contribution is -2.45. The first-order valence-corrected chi connectivity index (χ1v) is 10.4. The third kappa shape index (κ3) is 3.91. The molecule has 1 fully saturated rings. The van der Waals surface area contributed by atoms with E-state index < -0.39 is 0 Å². The molecule has 0 spiro atoms. The van der Waals surface area contributed by atoms with Gasteiger partial charge in [0.2, 0.25) is 5.91 Å². The van der Waals surface area contributed by atoms with Crippen LogP contribution >= 0.6 is 11.3 Å². The van der Waals surface area contributed by atoms with Crippen molar-refractivity contribution in [2.24, 2.45) is 0 Å².